The SMILES string of the molecule is Cc1nc(NCCN2CCCC2)ccc1C(=O)Nc1ccc(Cl)c(-c2ccccn2)c1. The van der Waals surface area contributed by atoms with Crippen LogP contribution in [0.1, 0.15) is 28.9 Å². The number of aromatic nitrogens is 2. The Kier molecular flexibility index (Phi) is 6.79. The van der Waals surface area contributed by atoms with Crippen LogP contribution in [-0.2, 0) is 0 Å². The third kappa shape index (κ3) is 5.40. The van der Waals surface area contributed by atoms with Crippen LogP contribution in [0.25, 0.3) is 11.3 Å². The summed E-state index contributed by atoms with van der Waals surface area (Å²) in [6.45, 7) is 6.07. The van der Waals surface area contributed by atoms with Crippen molar-refractivity contribution < 1.29 is 4.79 Å². The minimum Gasteiger partial charge on any atom is -0.369 e. The summed E-state index contributed by atoms with van der Waals surface area (Å²) in [5.41, 5.74) is 3.41. The van der Waals surface area contributed by atoms with Gasteiger partial charge in [-0.25, -0.2) is 4.98 Å². The van der Waals surface area contributed by atoms with Crippen molar-refractivity contribution in [1.82, 2.24) is 14.9 Å². The van der Waals surface area contributed by atoms with Crippen LogP contribution in [0, 0.1) is 6.92 Å². The lowest BCUT2D eigenvalue weighted by molar-refractivity contribution is 0.102. The number of carbonyl (C=O) groups excluding carboxylic acids is 1. The Hall–Kier alpha value is -2.96. The Balaban J connectivity index is 1.41. The summed E-state index contributed by atoms with van der Waals surface area (Å²) in [6.07, 6.45) is 4.29. The summed E-state index contributed by atoms with van der Waals surface area (Å²) in [4.78, 5) is 24.2. The monoisotopic (exact) mass is 435 g/mol. The van der Waals surface area contributed by atoms with Crippen molar-refractivity contribution in [3.05, 3.63) is 71.0 Å². The Bertz CT molecular complexity index is 1050. The second-order valence-electron chi connectivity index (χ2n) is 7.67. The molecule has 4 rings (SSSR count). The number of pyridine rings is 2. The molecule has 0 aliphatic carbocycles. The van der Waals surface area contributed by atoms with Gasteiger partial charge in [-0.15, -0.1) is 0 Å². The number of hydrogen-bond acceptors (Lipinski definition) is 5. The molecule has 0 radical (unpaired) electrons. The molecule has 0 atom stereocenters. The number of aryl methyl sites for hydroxylation is 1. The summed E-state index contributed by atoms with van der Waals surface area (Å²) in [7, 11) is 0. The topological polar surface area (TPSA) is 70.2 Å². The van der Waals surface area contributed by atoms with E-state index in [0.717, 1.165) is 30.2 Å². The molecule has 2 aromatic heterocycles. The van der Waals surface area contributed by atoms with E-state index in [1.54, 1.807) is 18.3 Å². The molecule has 1 aliphatic rings. The predicted molar refractivity (Wildman–Crippen MR) is 126 cm³/mol. The summed E-state index contributed by atoms with van der Waals surface area (Å²) in [5, 5.41) is 6.88. The van der Waals surface area contributed by atoms with E-state index in [2.05, 4.69) is 25.5 Å². The largest absolute Gasteiger partial charge is 0.369 e. The molecule has 1 aliphatic heterocycles. The number of likely N-dealkylation sites (tertiary alicyclic amines) is 1. The van der Waals surface area contributed by atoms with Crippen LogP contribution in [-0.4, -0.2) is 47.0 Å². The first-order valence-electron chi connectivity index (χ1n) is 10.6. The highest BCUT2D eigenvalue weighted by molar-refractivity contribution is 6.33. The molecular weight excluding hydrogens is 410 g/mol. The molecule has 0 saturated carbocycles. The minimum atomic E-state index is -0.206. The highest BCUT2D eigenvalue weighted by Gasteiger charge is 2.14. The molecule has 160 valence electrons. The second-order valence-corrected chi connectivity index (χ2v) is 8.08. The lowest BCUT2D eigenvalue weighted by Gasteiger charge is -2.15. The number of anilines is 2. The molecule has 6 nitrogen and oxygen atoms in total. The van der Waals surface area contributed by atoms with Crippen molar-refractivity contribution >= 4 is 29.0 Å². The zero-order valence-electron chi connectivity index (χ0n) is 17.6. The lowest BCUT2D eigenvalue weighted by atomic mass is 10.1. The van der Waals surface area contributed by atoms with Crippen LogP contribution in [0.2, 0.25) is 5.02 Å². The Morgan fingerprint density at radius 3 is 2.71 bits per heavy atom. The van der Waals surface area contributed by atoms with E-state index in [0.29, 0.717) is 22.0 Å². The van der Waals surface area contributed by atoms with Gasteiger partial charge in [0, 0.05) is 30.5 Å². The van der Waals surface area contributed by atoms with Gasteiger partial charge in [0.2, 0.25) is 0 Å². The van der Waals surface area contributed by atoms with Crippen LogP contribution in [0.5, 0.6) is 0 Å². The zero-order chi connectivity index (χ0) is 21.6. The first-order chi connectivity index (χ1) is 15.1. The summed E-state index contributed by atoms with van der Waals surface area (Å²) >= 11 is 6.34. The molecular formula is C24H26ClN5O. The van der Waals surface area contributed by atoms with E-state index in [9.17, 15) is 4.79 Å². The molecule has 1 saturated heterocycles. The number of nitrogens with zero attached hydrogens (tertiary/aromatic N) is 3. The quantitative estimate of drug-likeness (QED) is 0.554. The summed E-state index contributed by atoms with van der Waals surface area (Å²) in [5.74, 6) is 0.583. The number of nitrogens with one attached hydrogen (secondary N) is 2. The number of amides is 1. The van der Waals surface area contributed by atoms with E-state index in [4.69, 9.17) is 11.6 Å². The van der Waals surface area contributed by atoms with Crippen LogP contribution in [0.4, 0.5) is 11.5 Å². The van der Waals surface area contributed by atoms with Gasteiger partial charge in [0.15, 0.2) is 0 Å². The van der Waals surface area contributed by atoms with E-state index in [1.807, 2.05) is 43.3 Å². The Labute approximate surface area is 187 Å². The lowest BCUT2D eigenvalue weighted by Crippen LogP contribution is -2.26. The number of rotatable bonds is 7. The van der Waals surface area contributed by atoms with E-state index in [-0.39, 0.29) is 5.91 Å². The van der Waals surface area contributed by atoms with Crippen molar-refractivity contribution in [2.45, 2.75) is 19.8 Å². The number of hydrogen-bond donors (Lipinski definition) is 2. The number of carbonyl (C=O) groups is 1. The molecule has 0 bridgehead atoms. The van der Waals surface area contributed by atoms with Crippen LogP contribution in [0.3, 0.4) is 0 Å². The fourth-order valence-electron chi connectivity index (χ4n) is 3.77. The van der Waals surface area contributed by atoms with Gasteiger partial charge in [0.05, 0.1) is 22.0 Å². The molecule has 3 heterocycles. The Morgan fingerprint density at radius 2 is 1.97 bits per heavy atom. The van der Waals surface area contributed by atoms with Gasteiger partial charge in [0.25, 0.3) is 5.91 Å². The maximum absolute atomic E-state index is 12.8. The second kappa shape index (κ2) is 9.90. The Morgan fingerprint density at radius 1 is 1.13 bits per heavy atom. The van der Waals surface area contributed by atoms with Crippen molar-refractivity contribution in [3.8, 4) is 11.3 Å². The molecule has 1 amide bonds. The standard InChI is InChI=1S/C24H26ClN5O/c1-17-19(8-10-23(28-17)27-12-15-30-13-4-5-14-30)24(31)29-18-7-9-21(25)20(16-18)22-6-2-3-11-26-22/h2-3,6-11,16H,4-5,12-15H2,1H3,(H,27,28)(H,29,31). The highest BCUT2D eigenvalue weighted by atomic mass is 35.5. The normalized spacial score (nSPS) is 13.9. The smallest absolute Gasteiger partial charge is 0.257 e. The van der Waals surface area contributed by atoms with E-state index in [1.165, 1.54) is 25.9 Å². The first-order valence-corrected chi connectivity index (χ1v) is 10.9. The third-order valence-electron chi connectivity index (χ3n) is 5.43. The number of benzene rings is 1. The molecule has 7 heteroatoms. The molecule has 2 N–H and O–H groups in total. The van der Waals surface area contributed by atoms with Gasteiger partial charge in [-0.1, -0.05) is 17.7 Å². The van der Waals surface area contributed by atoms with Gasteiger partial charge < -0.3 is 15.5 Å². The maximum Gasteiger partial charge on any atom is 0.257 e. The van der Waals surface area contributed by atoms with Crippen molar-refractivity contribution in [1.29, 1.82) is 0 Å². The number of halogens is 1. The molecule has 3 aromatic rings. The highest BCUT2D eigenvalue weighted by Crippen LogP contribution is 2.29. The van der Waals surface area contributed by atoms with Gasteiger partial charge >= 0.3 is 0 Å². The van der Waals surface area contributed by atoms with Crippen LogP contribution in [0.15, 0.2) is 54.7 Å². The molecule has 1 fully saturated rings. The van der Waals surface area contributed by atoms with E-state index < -0.39 is 0 Å². The summed E-state index contributed by atoms with van der Waals surface area (Å²) < 4.78 is 0. The fourth-order valence-corrected chi connectivity index (χ4v) is 3.98. The predicted octanol–water partition coefficient (Wildman–Crippen LogP) is 4.87. The first kappa shape index (κ1) is 21.3. The molecule has 0 spiro atoms. The maximum atomic E-state index is 12.8. The molecule has 1 aromatic carbocycles. The van der Waals surface area contributed by atoms with Crippen molar-refractivity contribution in [3.63, 3.8) is 0 Å². The average molecular weight is 436 g/mol. The van der Waals surface area contributed by atoms with E-state index >= 15 is 0 Å². The molecule has 0 unspecified atom stereocenters. The van der Waals surface area contributed by atoms with Crippen LogP contribution < -0.4 is 10.6 Å². The average Bonchev–Trinajstić information content (AvgIpc) is 3.29. The van der Waals surface area contributed by atoms with Crippen molar-refractivity contribution in [2.24, 2.45) is 0 Å². The van der Waals surface area contributed by atoms with Gasteiger partial charge in [0.1, 0.15) is 5.82 Å². The van der Waals surface area contributed by atoms with Gasteiger partial charge in [-0.2, -0.15) is 0 Å². The molecule has 31 heavy (non-hydrogen) atoms. The minimum absolute atomic E-state index is 0.206. The van der Waals surface area contributed by atoms with Crippen LogP contribution >= 0.6 is 11.6 Å². The fraction of sp³-hybridized carbons (Fsp3) is 0.292. The summed E-state index contributed by atoms with van der Waals surface area (Å²) in [6, 6.07) is 14.7. The van der Waals surface area contributed by atoms with Crippen molar-refractivity contribution in [2.75, 3.05) is 36.8 Å². The zero-order valence-corrected chi connectivity index (χ0v) is 18.3. The third-order valence-corrected chi connectivity index (χ3v) is 5.76. The van der Waals surface area contributed by atoms with Gasteiger partial charge in [-0.3, -0.25) is 9.78 Å². The van der Waals surface area contributed by atoms with Gasteiger partial charge in [-0.05, 0) is 75.3 Å².